The van der Waals surface area contributed by atoms with Gasteiger partial charge in [0.25, 0.3) is 0 Å². The molecule has 2 aromatic heterocycles. The predicted octanol–water partition coefficient (Wildman–Crippen LogP) is 5.28. The number of thiol groups is 1. The van der Waals surface area contributed by atoms with Crippen LogP contribution in [0.2, 0.25) is 18.1 Å². The predicted molar refractivity (Wildman–Crippen MR) is 132 cm³/mol. The summed E-state index contributed by atoms with van der Waals surface area (Å²) >= 11 is 4.57. The fraction of sp³-hybridized carbons (Fsp3) is 0.417. The number of benzene rings is 1. The van der Waals surface area contributed by atoms with Gasteiger partial charge in [-0.3, -0.25) is 3.97 Å². The second-order valence-electron chi connectivity index (χ2n) is 9.39. The fourth-order valence-corrected chi connectivity index (χ4v) is 4.70. The Hall–Kier alpha value is -1.93. The van der Waals surface area contributed by atoms with Gasteiger partial charge in [-0.1, -0.05) is 38.8 Å². The molecule has 5 nitrogen and oxygen atoms in total. The molecule has 1 unspecified atom stereocenters. The minimum Gasteiger partial charge on any atom is -0.496 e. The molecule has 0 saturated heterocycles. The van der Waals surface area contributed by atoms with E-state index in [1.165, 1.54) is 0 Å². The molecule has 1 atom stereocenters. The SMILES string of the molecule is COc1cc(C)ccc1C(O)c1c(-n2cccc2CCC(C)(C)[Si](C)(C)O)ccn1S. The average Bonchev–Trinajstić information content (AvgIpc) is 3.30. The summed E-state index contributed by atoms with van der Waals surface area (Å²) < 4.78 is 9.30. The number of aliphatic hydroxyl groups is 1. The highest BCUT2D eigenvalue weighted by Crippen LogP contribution is 2.40. The third-order valence-corrected chi connectivity index (χ3v) is 10.5. The Bertz CT molecular complexity index is 1050. The fourth-order valence-electron chi connectivity index (χ4n) is 3.69. The monoisotopic (exact) mass is 458 g/mol. The quantitative estimate of drug-likeness (QED) is 0.318. The van der Waals surface area contributed by atoms with Gasteiger partial charge in [0.05, 0.1) is 18.5 Å². The highest BCUT2D eigenvalue weighted by atomic mass is 32.1. The molecule has 0 aliphatic carbocycles. The average molecular weight is 459 g/mol. The van der Waals surface area contributed by atoms with Gasteiger partial charge in [-0.05, 0) is 67.7 Å². The lowest BCUT2D eigenvalue weighted by Gasteiger charge is -2.35. The first-order valence-corrected chi connectivity index (χ1v) is 13.9. The molecule has 0 saturated carbocycles. The van der Waals surface area contributed by atoms with Crippen molar-refractivity contribution in [3.8, 4) is 11.4 Å². The summed E-state index contributed by atoms with van der Waals surface area (Å²) in [5.74, 6) is 0.651. The number of ether oxygens (including phenoxy) is 1. The van der Waals surface area contributed by atoms with Crippen molar-refractivity contribution in [2.24, 2.45) is 0 Å². The molecule has 0 aliphatic heterocycles. The number of nitrogens with zero attached hydrogens (tertiary/aromatic N) is 2. The summed E-state index contributed by atoms with van der Waals surface area (Å²) in [5, 5.41) is 11.2. The number of aromatic nitrogens is 2. The van der Waals surface area contributed by atoms with Crippen molar-refractivity contribution >= 4 is 21.1 Å². The molecule has 0 amide bonds. The molecule has 0 bridgehead atoms. The van der Waals surface area contributed by atoms with Crippen LogP contribution in [0.5, 0.6) is 5.75 Å². The number of aliphatic hydroxyl groups excluding tert-OH is 1. The van der Waals surface area contributed by atoms with Crippen molar-refractivity contribution in [3.63, 3.8) is 0 Å². The highest BCUT2D eigenvalue weighted by molar-refractivity contribution is 7.78. The Balaban J connectivity index is 1.97. The third kappa shape index (κ3) is 4.79. The van der Waals surface area contributed by atoms with E-state index in [9.17, 15) is 9.90 Å². The lowest BCUT2D eigenvalue weighted by atomic mass is 10.0. The Morgan fingerprint density at radius 1 is 1.16 bits per heavy atom. The number of hydrogen-bond donors (Lipinski definition) is 3. The minimum absolute atomic E-state index is 0.102. The van der Waals surface area contributed by atoms with E-state index in [0.717, 1.165) is 29.8 Å². The summed E-state index contributed by atoms with van der Waals surface area (Å²) in [5.41, 5.74) is 4.46. The number of aryl methyl sites for hydroxylation is 2. The maximum atomic E-state index is 11.3. The van der Waals surface area contributed by atoms with E-state index >= 15 is 0 Å². The molecular weight excluding hydrogens is 424 g/mol. The molecule has 31 heavy (non-hydrogen) atoms. The van der Waals surface area contributed by atoms with E-state index in [0.29, 0.717) is 17.0 Å². The van der Waals surface area contributed by atoms with Gasteiger partial charge in [0.1, 0.15) is 11.9 Å². The van der Waals surface area contributed by atoms with Crippen LogP contribution in [-0.2, 0) is 6.42 Å². The molecule has 1 aromatic carbocycles. The number of methoxy groups -OCH3 is 1. The van der Waals surface area contributed by atoms with Gasteiger partial charge in [-0.2, -0.15) is 0 Å². The van der Waals surface area contributed by atoms with Crippen LogP contribution in [0.3, 0.4) is 0 Å². The molecule has 0 fully saturated rings. The van der Waals surface area contributed by atoms with Crippen LogP contribution in [0, 0.1) is 6.92 Å². The summed E-state index contributed by atoms with van der Waals surface area (Å²) in [6.45, 7) is 10.3. The van der Waals surface area contributed by atoms with Crippen LogP contribution in [0.25, 0.3) is 5.69 Å². The summed E-state index contributed by atoms with van der Waals surface area (Å²) in [4.78, 5) is 10.6. The van der Waals surface area contributed by atoms with E-state index in [4.69, 9.17) is 4.74 Å². The van der Waals surface area contributed by atoms with Gasteiger partial charge in [0, 0.05) is 23.7 Å². The molecule has 7 heteroatoms. The summed E-state index contributed by atoms with van der Waals surface area (Å²) in [7, 11) is -0.664. The zero-order chi connectivity index (χ0) is 23.0. The van der Waals surface area contributed by atoms with E-state index in [2.05, 4.69) is 37.3 Å². The third-order valence-electron chi connectivity index (χ3n) is 6.58. The van der Waals surface area contributed by atoms with Crippen molar-refractivity contribution < 1.29 is 14.6 Å². The first-order valence-electron chi connectivity index (χ1n) is 10.6. The molecule has 3 rings (SSSR count). The van der Waals surface area contributed by atoms with Crippen molar-refractivity contribution in [1.29, 1.82) is 0 Å². The number of hydrogen-bond acceptors (Lipinski definition) is 4. The lowest BCUT2D eigenvalue weighted by Crippen LogP contribution is -2.39. The molecule has 0 aliphatic rings. The van der Waals surface area contributed by atoms with E-state index in [1.807, 2.05) is 62.7 Å². The smallest absolute Gasteiger partial charge is 0.188 e. The van der Waals surface area contributed by atoms with Gasteiger partial charge < -0.3 is 19.2 Å². The van der Waals surface area contributed by atoms with Crippen molar-refractivity contribution in [2.45, 2.75) is 57.8 Å². The minimum atomic E-state index is -2.28. The standard InChI is InChI=1S/C24H34N2O3SSi/c1-17-9-10-19(21(16-17)29-4)23(27)22-20(12-15-26(22)30)25-14-7-8-18(25)11-13-24(2,3)31(5,6)28/h7-10,12,14-16,23,27-28,30H,11,13H2,1-6H3. The van der Waals surface area contributed by atoms with Crippen molar-refractivity contribution in [1.82, 2.24) is 8.54 Å². The molecule has 0 spiro atoms. The first kappa shape index (κ1) is 23.7. The van der Waals surface area contributed by atoms with Crippen LogP contribution in [0.1, 0.15) is 48.9 Å². The first-order chi connectivity index (χ1) is 14.5. The van der Waals surface area contributed by atoms with Crippen LogP contribution >= 0.6 is 12.8 Å². The van der Waals surface area contributed by atoms with Gasteiger partial charge in [-0.15, -0.1) is 0 Å². The molecule has 2 heterocycles. The van der Waals surface area contributed by atoms with Crippen LogP contribution in [-0.4, -0.2) is 33.9 Å². The topological polar surface area (TPSA) is 59.6 Å². The van der Waals surface area contributed by atoms with Crippen LogP contribution in [0.4, 0.5) is 0 Å². The van der Waals surface area contributed by atoms with E-state index in [-0.39, 0.29) is 5.04 Å². The highest BCUT2D eigenvalue weighted by Gasteiger charge is 2.37. The van der Waals surface area contributed by atoms with Gasteiger partial charge in [0.2, 0.25) is 0 Å². The van der Waals surface area contributed by atoms with Crippen molar-refractivity contribution in [3.05, 3.63) is 71.3 Å². The summed E-state index contributed by atoms with van der Waals surface area (Å²) in [6, 6.07) is 11.9. The molecule has 168 valence electrons. The van der Waals surface area contributed by atoms with Crippen LogP contribution in [0.15, 0.2) is 48.8 Å². The van der Waals surface area contributed by atoms with E-state index in [1.54, 1.807) is 11.1 Å². The Labute approximate surface area is 192 Å². The lowest BCUT2D eigenvalue weighted by molar-refractivity contribution is 0.209. The zero-order valence-electron chi connectivity index (χ0n) is 19.3. The maximum Gasteiger partial charge on any atom is 0.188 e. The molecular formula is C24H34N2O3SSi. The number of rotatable bonds is 8. The molecule has 0 radical (unpaired) electrons. The van der Waals surface area contributed by atoms with E-state index < -0.39 is 14.4 Å². The van der Waals surface area contributed by atoms with Gasteiger partial charge in [-0.25, -0.2) is 0 Å². The normalized spacial score (nSPS) is 13.5. The largest absolute Gasteiger partial charge is 0.496 e. The van der Waals surface area contributed by atoms with Gasteiger partial charge >= 0.3 is 0 Å². The van der Waals surface area contributed by atoms with Crippen molar-refractivity contribution in [2.75, 3.05) is 7.11 Å². The second-order valence-corrected chi connectivity index (χ2v) is 14.3. The Kier molecular flexibility index (Phi) is 6.81. The Morgan fingerprint density at radius 3 is 2.52 bits per heavy atom. The van der Waals surface area contributed by atoms with Gasteiger partial charge in [0.15, 0.2) is 8.32 Å². The Morgan fingerprint density at radius 2 is 1.87 bits per heavy atom. The maximum absolute atomic E-state index is 11.3. The second kappa shape index (κ2) is 8.90. The zero-order valence-corrected chi connectivity index (χ0v) is 21.1. The summed E-state index contributed by atoms with van der Waals surface area (Å²) in [6.07, 6.45) is 4.68. The molecule has 2 N–H and O–H groups in total. The van der Waals surface area contributed by atoms with Crippen LogP contribution < -0.4 is 4.74 Å². The molecule has 3 aromatic rings.